The molecule has 0 amide bonds. The molecule has 7 nitrogen and oxygen atoms in total. The number of rotatable bonds is 8. The number of aromatic nitrogens is 2. The molecule has 0 bridgehead atoms. The number of nitrogens with one attached hydrogen (secondary N) is 2. The first kappa shape index (κ1) is 19.3. The molecule has 0 saturated heterocycles. The van der Waals surface area contributed by atoms with Crippen LogP contribution in [0, 0.1) is 11.3 Å². The summed E-state index contributed by atoms with van der Waals surface area (Å²) in [7, 11) is 0. The Morgan fingerprint density at radius 3 is 2.69 bits per heavy atom. The summed E-state index contributed by atoms with van der Waals surface area (Å²) < 4.78 is 1.63. The molecule has 0 spiro atoms. The smallest absolute Gasteiger partial charge is 0.191 e. The monoisotopic (exact) mass is 353 g/mol. The van der Waals surface area contributed by atoms with Gasteiger partial charge in [0.25, 0.3) is 0 Å². The van der Waals surface area contributed by atoms with Gasteiger partial charge in [0, 0.05) is 19.6 Å². The fourth-order valence-corrected chi connectivity index (χ4v) is 2.57. The lowest BCUT2D eigenvalue weighted by molar-refractivity contribution is 0.722. The Bertz CT molecular complexity index is 756. The highest BCUT2D eigenvalue weighted by atomic mass is 15.3. The van der Waals surface area contributed by atoms with Crippen LogP contribution in [0.25, 0.3) is 5.69 Å². The van der Waals surface area contributed by atoms with Crippen LogP contribution in [-0.4, -0.2) is 35.4 Å². The van der Waals surface area contributed by atoms with Crippen LogP contribution in [0.3, 0.4) is 0 Å². The zero-order valence-electron chi connectivity index (χ0n) is 15.5. The molecule has 138 valence electrons. The zero-order chi connectivity index (χ0) is 18.8. The largest absolute Gasteiger partial charge is 0.382 e. The van der Waals surface area contributed by atoms with Crippen molar-refractivity contribution < 1.29 is 0 Å². The lowest BCUT2D eigenvalue weighted by Crippen LogP contribution is -2.38. The van der Waals surface area contributed by atoms with Gasteiger partial charge in [-0.15, -0.1) is 0 Å². The molecule has 4 N–H and O–H groups in total. The first-order chi connectivity index (χ1) is 12.7. The number of anilines is 1. The molecule has 0 unspecified atom stereocenters. The summed E-state index contributed by atoms with van der Waals surface area (Å²) in [6.45, 7) is 6.52. The van der Waals surface area contributed by atoms with Crippen LogP contribution in [0.15, 0.2) is 35.3 Å². The van der Waals surface area contributed by atoms with Crippen LogP contribution < -0.4 is 16.4 Å². The lowest BCUT2D eigenvalue weighted by atomic mass is 10.1. The maximum atomic E-state index is 9.44. The molecule has 26 heavy (non-hydrogen) atoms. The molecule has 0 saturated carbocycles. The predicted octanol–water partition coefficient (Wildman–Crippen LogP) is 2.22. The standard InChI is InChI=1S/C19H27N7/c1-3-12-23-19(22-4-2)24-13-8-11-17-16(14-20)18(21)26(25-17)15-9-6-5-7-10-15/h5-7,9-10H,3-4,8,11-13,21H2,1-2H3,(H2,22,23,24). The molecule has 1 heterocycles. The maximum absolute atomic E-state index is 9.44. The number of nitriles is 1. The third-order valence-corrected chi connectivity index (χ3v) is 3.83. The second-order valence-corrected chi connectivity index (χ2v) is 5.86. The second-order valence-electron chi connectivity index (χ2n) is 5.86. The fraction of sp³-hybridized carbons (Fsp3) is 0.421. The summed E-state index contributed by atoms with van der Waals surface area (Å²) in [5, 5.41) is 20.5. The van der Waals surface area contributed by atoms with Crippen LogP contribution in [0.2, 0.25) is 0 Å². The normalized spacial score (nSPS) is 11.2. The van der Waals surface area contributed by atoms with E-state index in [1.807, 2.05) is 37.3 Å². The number of hydrogen-bond acceptors (Lipinski definition) is 4. The first-order valence-corrected chi connectivity index (χ1v) is 9.06. The van der Waals surface area contributed by atoms with Gasteiger partial charge in [-0.3, -0.25) is 4.99 Å². The van der Waals surface area contributed by atoms with Crippen molar-refractivity contribution in [2.45, 2.75) is 33.1 Å². The predicted molar refractivity (Wildman–Crippen MR) is 105 cm³/mol. The van der Waals surface area contributed by atoms with Crippen molar-refractivity contribution in [1.82, 2.24) is 20.4 Å². The van der Waals surface area contributed by atoms with Gasteiger partial charge in [-0.2, -0.15) is 10.4 Å². The van der Waals surface area contributed by atoms with E-state index >= 15 is 0 Å². The Morgan fingerprint density at radius 2 is 2.04 bits per heavy atom. The quantitative estimate of drug-likeness (QED) is 0.383. The van der Waals surface area contributed by atoms with E-state index in [0.717, 1.165) is 49.8 Å². The number of aryl methyl sites for hydroxylation is 1. The Hall–Kier alpha value is -3.01. The number of hydrogen-bond donors (Lipinski definition) is 3. The summed E-state index contributed by atoms with van der Waals surface area (Å²) in [4.78, 5) is 4.47. The van der Waals surface area contributed by atoms with Crippen LogP contribution in [-0.2, 0) is 6.42 Å². The minimum absolute atomic E-state index is 0.388. The number of nitrogens with two attached hydrogens (primary N) is 1. The van der Waals surface area contributed by atoms with Crippen molar-refractivity contribution >= 4 is 11.8 Å². The summed E-state index contributed by atoms with van der Waals surface area (Å²) in [5.74, 6) is 1.21. The number of nitrogen functional groups attached to an aromatic ring is 1. The molecular weight excluding hydrogens is 326 g/mol. The Morgan fingerprint density at radius 1 is 1.27 bits per heavy atom. The molecule has 1 aromatic heterocycles. The topological polar surface area (TPSA) is 104 Å². The molecule has 0 aliphatic rings. The van der Waals surface area contributed by atoms with Crippen molar-refractivity contribution in [1.29, 1.82) is 5.26 Å². The third kappa shape index (κ3) is 4.99. The fourth-order valence-electron chi connectivity index (χ4n) is 2.57. The maximum Gasteiger partial charge on any atom is 0.191 e. The summed E-state index contributed by atoms with van der Waals surface area (Å²) in [6, 6.07) is 11.8. The average molecular weight is 353 g/mol. The highest BCUT2D eigenvalue weighted by Gasteiger charge is 2.16. The van der Waals surface area contributed by atoms with Crippen molar-refractivity contribution in [3.63, 3.8) is 0 Å². The van der Waals surface area contributed by atoms with Gasteiger partial charge in [0.2, 0.25) is 0 Å². The van der Waals surface area contributed by atoms with Gasteiger partial charge in [-0.1, -0.05) is 25.1 Å². The Balaban J connectivity index is 2.00. The van der Waals surface area contributed by atoms with Crippen molar-refractivity contribution in [2.75, 3.05) is 25.4 Å². The molecule has 0 radical (unpaired) electrons. The van der Waals surface area contributed by atoms with Gasteiger partial charge >= 0.3 is 0 Å². The van der Waals surface area contributed by atoms with Crippen molar-refractivity contribution in [2.24, 2.45) is 4.99 Å². The molecule has 2 aromatic rings. The van der Waals surface area contributed by atoms with E-state index in [4.69, 9.17) is 5.73 Å². The molecule has 0 aliphatic heterocycles. The molecule has 1 aromatic carbocycles. The second kappa shape index (κ2) is 10.1. The molecular formula is C19H27N7. The SMILES string of the molecule is CCCN=C(NCC)NCCCc1nn(-c2ccccc2)c(N)c1C#N. The van der Waals surface area contributed by atoms with E-state index < -0.39 is 0 Å². The van der Waals surface area contributed by atoms with Gasteiger partial charge in [-0.05, 0) is 38.3 Å². The van der Waals surface area contributed by atoms with Gasteiger partial charge in [0.15, 0.2) is 5.96 Å². The number of para-hydroxylation sites is 1. The van der Waals surface area contributed by atoms with Crippen LogP contribution in [0.4, 0.5) is 5.82 Å². The summed E-state index contributed by atoms with van der Waals surface area (Å²) in [5.41, 5.74) is 8.17. The van der Waals surface area contributed by atoms with Crippen LogP contribution in [0.5, 0.6) is 0 Å². The number of aliphatic imine (C=N–C) groups is 1. The van der Waals surface area contributed by atoms with Gasteiger partial charge in [-0.25, -0.2) is 4.68 Å². The number of nitrogens with zero attached hydrogens (tertiary/aromatic N) is 4. The molecule has 7 heteroatoms. The first-order valence-electron chi connectivity index (χ1n) is 9.06. The Kier molecular flexibility index (Phi) is 7.49. The minimum Gasteiger partial charge on any atom is -0.382 e. The van der Waals surface area contributed by atoms with E-state index in [0.29, 0.717) is 17.8 Å². The summed E-state index contributed by atoms with van der Waals surface area (Å²) in [6.07, 6.45) is 2.52. The number of guanidine groups is 1. The Labute approximate surface area is 154 Å². The number of benzene rings is 1. The molecule has 0 aliphatic carbocycles. The third-order valence-electron chi connectivity index (χ3n) is 3.83. The van der Waals surface area contributed by atoms with Crippen LogP contribution >= 0.6 is 0 Å². The highest BCUT2D eigenvalue weighted by molar-refractivity contribution is 5.79. The van der Waals surface area contributed by atoms with Gasteiger partial charge in [0.05, 0.1) is 11.4 Å². The molecule has 2 rings (SSSR count). The van der Waals surface area contributed by atoms with Gasteiger partial charge < -0.3 is 16.4 Å². The van der Waals surface area contributed by atoms with E-state index in [1.165, 1.54) is 0 Å². The van der Waals surface area contributed by atoms with Crippen molar-refractivity contribution in [3.05, 3.63) is 41.6 Å². The lowest BCUT2D eigenvalue weighted by Gasteiger charge is -2.10. The average Bonchev–Trinajstić information content (AvgIpc) is 2.99. The van der Waals surface area contributed by atoms with E-state index in [-0.39, 0.29) is 0 Å². The van der Waals surface area contributed by atoms with E-state index in [2.05, 4.69) is 33.7 Å². The minimum atomic E-state index is 0.388. The molecule has 0 fully saturated rings. The molecule has 0 atom stereocenters. The van der Waals surface area contributed by atoms with E-state index in [9.17, 15) is 5.26 Å². The summed E-state index contributed by atoms with van der Waals surface area (Å²) >= 11 is 0. The van der Waals surface area contributed by atoms with Crippen LogP contribution in [0.1, 0.15) is 37.9 Å². The van der Waals surface area contributed by atoms with Crippen molar-refractivity contribution in [3.8, 4) is 11.8 Å². The zero-order valence-corrected chi connectivity index (χ0v) is 15.5. The highest BCUT2D eigenvalue weighted by Crippen LogP contribution is 2.21. The van der Waals surface area contributed by atoms with E-state index in [1.54, 1.807) is 4.68 Å². The van der Waals surface area contributed by atoms with Gasteiger partial charge in [0.1, 0.15) is 17.5 Å².